The molecule has 130 valence electrons. The van der Waals surface area contributed by atoms with Crippen LogP contribution in [0, 0.1) is 0 Å². The van der Waals surface area contributed by atoms with E-state index in [1.165, 1.54) is 11.6 Å². The molecule has 0 aromatic heterocycles. The number of Topliss-reactive ketones (excluding diaryl/α,β-unsaturated/α-hetero) is 1. The Bertz CT molecular complexity index is 556. The van der Waals surface area contributed by atoms with Gasteiger partial charge in [-0.1, -0.05) is 43.0 Å². The lowest BCUT2D eigenvalue weighted by atomic mass is 10.0. The van der Waals surface area contributed by atoms with Gasteiger partial charge in [-0.15, -0.1) is 0 Å². The van der Waals surface area contributed by atoms with E-state index < -0.39 is 24.5 Å². The Morgan fingerprint density at radius 2 is 1.92 bits per heavy atom. The largest absolute Gasteiger partial charge is 0.481 e. The number of hydrogen-bond acceptors (Lipinski definition) is 4. The number of alkyl carbamates (subject to hydrolysis) is 1. The van der Waals surface area contributed by atoms with Gasteiger partial charge in [0.25, 0.3) is 0 Å². The van der Waals surface area contributed by atoms with Gasteiger partial charge < -0.3 is 15.2 Å². The lowest BCUT2D eigenvalue weighted by molar-refractivity contribution is -0.139. The molecule has 0 saturated carbocycles. The maximum absolute atomic E-state index is 12.1. The molecule has 1 aromatic rings. The molecule has 0 bridgehead atoms. The van der Waals surface area contributed by atoms with E-state index in [0.29, 0.717) is 6.42 Å². The first kappa shape index (κ1) is 19.4. The zero-order chi connectivity index (χ0) is 17.8. The Morgan fingerprint density at radius 3 is 2.54 bits per heavy atom. The van der Waals surface area contributed by atoms with Crippen LogP contribution in [0.15, 0.2) is 43.0 Å². The number of hydrogen-bond donors (Lipinski definition) is 2. The second kappa shape index (κ2) is 11.0. The normalized spacial score (nSPS) is 11.3. The number of carboxylic acid groups (broad SMARTS) is 1. The van der Waals surface area contributed by atoms with E-state index in [9.17, 15) is 14.4 Å². The first-order chi connectivity index (χ1) is 11.5. The summed E-state index contributed by atoms with van der Waals surface area (Å²) in [5.74, 6) is -1.46. The van der Waals surface area contributed by atoms with Crippen molar-refractivity contribution in [1.82, 2.24) is 5.32 Å². The molecule has 24 heavy (non-hydrogen) atoms. The molecule has 1 amide bonds. The van der Waals surface area contributed by atoms with Crippen molar-refractivity contribution in [3.05, 3.63) is 48.6 Å². The second-order valence-electron chi connectivity index (χ2n) is 5.34. The van der Waals surface area contributed by atoms with Crippen molar-refractivity contribution >= 4 is 17.8 Å². The van der Waals surface area contributed by atoms with Gasteiger partial charge in [0.2, 0.25) is 0 Å². The van der Waals surface area contributed by atoms with Crippen LogP contribution < -0.4 is 5.32 Å². The van der Waals surface area contributed by atoms with E-state index in [1.54, 1.807) is 0 Å². The van der Waals surface area contributed by atoms with Crippen LogP contribution in [-0.2, 0) is 20.7 Å². The first-order valence-electron chi connectivity index (χ1n) is 7.85. The molecule has 0 heterocycles. The fourth-order valence-electron chi connectivity index (χ4n) is 2.19. The molecule has 6 heteroatoms. The second-order valence-corrected chi connectivity index (χ2v) is 5.34. The number of ether oxygens (including phenoxy) is 1. The Hall–Kier alpha value is -2.63. The van der Waals surface area contributed by atoms with E-state index in [2.05, 4.69) is 11.9 Å². The minimum Gasteiger partial charge on any atom is -0.481 e. The quantitative estimate of drug-likeness (QED) is 0.480. The van der Waals surface area contributed by atoms with Gasteiger partial charge in [0, 0.05) is 6.42 Å². The fourth-order valence-corrected chi connectivity index (χ4v) is 2.19. The molecule has 1 atom stereocenters. The number of unbranched alkanes of at least 4 members (excludes halogenated alkanes) is 1. The lowest BCUT2D eigenvalue weighted by Crippen LogP contribution is -2.42. The molecule has 0 aliphatic heterocycles. The summed E-state index contributed by atoms with van der Waals surface area (Å²) in [6.07, 6.45) is 2.62. The van der Waals surface area contributed by atoms with Gasteiger partial charge in [-0.25, -0.2) is 4.79 Å². The van der Waals surface area contributed by atoms with Crippen molar-refractivity contribution in [2.45, 2.75) is 38.1 Å². The Labute approximate surface area is 141 Å². The van der Waals surface area contributed by atoms with Crippen molar-refractivity contribution in [2.75, 3.05) is 6.61 Å². The smallest absolute Gasteiger partial charge is 0.408 e. The third-order valence-corrected chi connectivity index (χ3v) is 3.37. The molecular weight excluding hydrogens is 310 g/mol. The van der Waals surface area contributed by atoms with Crippen LogP contribution in [0.3, 0.4) is 0 Å². The zero-order valence-electron chi connectivity index (χ0n) is 13.6. The molecule has 0 unspecified atom stereocenters. The molecular formula is C18H23NO5. The fraction of sp³-hybridized carbons (Fsp3) is 0.389. The molecule has 6 nitrogen and oxygen atoms in total. The highest BCUT2D eigenvalue weighted by molar-refractivity contribution is 5.90. The summed E-state index contributed by atoms with van der Waals surface area (Å²) in [4.78, 5) is 34.5. The van der Waals surface area contributed by atoms with Crippen molar-refractivity contribution in [2.24, 2.45) is 0 Å². The van der Waals surface area contributed by atoms with E-state index in [4.69, 9.17) is 9.84 Å². The number of nitrogens with one attached hydrogen (secondary N) is 1. The Balaban J connectivity index is 2.41. The molecule has 0 aliphatic rings. The highest BCUT2D eigenvalue weighted by Gasteiger charge is 2.23. The third kappa shape index (κ3) is 8.12. The van der Waals surface area contributed by atoms with Crippen molar-refractivity contribution in [1.29, 1.82) is 0 Å². The summed E-state index contributed by atoms with van der Waals surface area (Å²) in [5, 5.41) is 11.2. The van der Waals surface area contributed by atoms with Gasteiger partial charge in [0.1, 0.15) is 12.6 Å². The molecule has 0 aliphatic carbocycles. The highest BCUT2D eigenvalue weighted by atomic mass is 16.5. The average molecular weight is 333 g/mol. The monoisotopic (exact) mass is 333 g/mol. The predicted octanol–water partition coefficient (Wildman–Crippen LogP) is 2.72. The van der Waals surface area contributed by atoms with Crippen LogP contribution in [0.1, 0.15) is 31.2 Å². The summed E-state index contributed by atoms with van der Waals surface area (Å²) in [6, 6.07) is 8.83. The van der Waals surface area contributed by atoms with Gasteiger partial charge in [-0.3, -0.25) is 9.59 Å². The SMILES string of the molecule is C=CCOC(=O)N[C@@H](CC(=O)O)C(=O)CCCCc1ccccc1. The zero-order valence-corrected chi connectivity index (χ0v) is 13.6. The van der Waals surface area contributed by atoms with Crippen LogP contribution in [0.4, 0.5) is 4.79 Å². The maximum atomic E-state index is 12.1. The van der Waals surface area contributed by atoms with Crippen molar-refractivity contribution in [3.63, 3.8) is 0 Å². The van der Waals surface area contributed by atoms with Gasteiger partial charge in [0.15, 0.2) is 5.78 Å². The van der Waals surface area contributed by atoms with E-state index in [-0.39, 0.29) is 18.8 Å². The topological polar surface area (TPSA) is 92.7 Å². The lowest BCUT2D eigenvalue weighted by Gasteiger charge is -2.15. The number of carboxylic acids is 1. The molecule has 2 N–H and O–H groups in total. The molecule has 0 spiro atoms. The number of amides is 1. The third-order valence-electron chi connectivity index (χ3n) is 3.37. The highest BCUT2D eigenvalue weighted by Crippen LogP contribution is 2.09. The van der Waals surface area contributed by atoms with Gasteiger partial charge in [0.05, 0.1) is 6.42 Å². The summed E-state index contributed by atoms with van der Waals surface area (Å²) in [5.41, 5.74) is 1.19. The van der Waals surface area contributed by atoms with Crippen LogP contribution >= 0.6 is 0 Å². The molecule has 0 radical (unpaired) electrons. The van der Waals surface area contributed by atoms with Crippen LogP contribution in [-0.4, -0.2) is 35.6 Å². The number of ketones is 1. The molecule has 1 rings (SSSR count). The van der Waals surface area contributed by atoms with Gasteiger partial charge in [-0.05, 0) is 24.8 Å². The average Bonchev–Trinajstić information content (AvgIpc) is 2.56. The number of rotatable bonds is 11. The Kier molecular flexibility index (Phi) is 8.89. The number of carbonyl (C=O) groups excluding carboxylic acids is 2. The molecule has 0 saturated heterocycles. The van der Waals surface area contributed by atoms with E-state index >= 15 is 0 Å². The number of benzene rings is 1. The number of carbonyl (C=O) groups is 3. The molecule has 0 fully saturated rings. The predicted molar refractivity (Wildman–Crippen MR) is 89.7 cm³/mol. The summed E-state index contributed by atoms with van der Waals surface area (Å²) in [7, 11) is 0. The summed E-state index contributed by atoms with van der Waals surface area (Å²) >= 11 is 0. The standard InChI is InChI=1S/C18H23NO5/c1-2-12-24-18(23)19-15(13-17(21)22)16(20)11-7-6-10-14-8-4-3-5-9-14/h2-5,8-9,15H,1,6-7,10-13H2,(H,19,23)(H,21,22)/t15-/m0/s1. The van der Waals surface area contributed by atoms with Crippen molar-refractivity contribution in [3.8, 4) is 0 Å². The number of aryl methyl sites for hydroxylation is 1. The van der Waals surface area contributed by atoms with Crippen molar-refractivity contribution < 1.29 is 24.2 Å². The first-order valence-corrected chi connectivity index (χ1v) is 7.85. The number of aliphatic carboxylic acids is 1. The van der Waals surface area contributed by atoms with Crippen LogP contribution in [0.2, 0.25) is 0 Å². The van der Waals surface area contributed by atoms with Crippen LogP contribution in [0.25, 0.3) is 0 Å². The Morgan fingerprint density at radius 1 is 1.21 bits per heavy atom. The maximum Gasteiger partial charge on any atom is 0.408 e. The minimum absolute atomic E-state index is 0.00308. The van der Waals surface area contributed by atoms with Gasteiger partial charge >= 0.3 is 12.1 Å². The van der Waals surface area contributed by atoms with Gasteiger partial charge in [-0.2, -0.15) is 0 Å². The molecule has 1 aromatic carbocycles. The minimum atomic E-state index is -1.15. The summed E-state index contributed by atoms with van der Waals surface area (Å²) < 4.78 is 4.72. The van der Waals surface area contributed by atoms with E-state index in [1.807, 2.05) is 30.3 Å². The van der Waals surface area contributed by atoms with Crippen LogP contribution in [0.5, 0.6) is 0 Å². The summed E-state index contributed by atoms with van der Waals surface area (Å²) in [6.45, 7) is 3.40. The van der Waals surface area contributed by atoms with E-state index in [0.717, 1.165) is 12.8 Å².